The lowest BCUT2D eigenvalue weighted by atomic mass is 10.1. The number of phenolic OH excluding ortho intramolecular Hbond substituents is 1. The minimum absolute atomic E-state index is 0.278. The lowest BCUT2D eigenvalue weighted by molar-refractivity contribution is 0.470. The van der Waals surface area contributed by atoms with Crippen molar-refractivity contribution in [1.82, 2.24) is 4.98 Å². The fourth-order valence-corrected chi connectivity index (χ4v) is 1.36. The van der Waals surface area contributed by atoms with Crippen LogP contribution in [0.25, 0.3) is 0 Å². The molecule has 3 nitrogen and oxygen atoms in total. The first-order valence-electron chi connectivity index (χ1n) is 5.00. The SMILES string of the molecule is Cc1cccc(C=Nc2ccncc2)c1O. The number of hydrogen-bond donors (Lipinski definition) is 1. The van der Waals surface area contributed by atoms with E-state index in [0.29, 0.717) is 0 Å². The van der Waals surface area contributed by atoms with Crippen molar-refractivity contribution in [2.75, 3.05) is 0 Å². The fourth-order valence-electron chi connectivity index (χ4n) is 1.36. The number of nitrogens with zero attached hydrogens (tertiary/aromatic N) is 2. The van der Waals surface area contributed by atoms with Gasteiger partial charge >= 0.3 is 0 Å². The molecule has 0 aliphatic rings. The maximum absolute atomic E-state index is 9.77. The molecule has 0 atom stereocenters. The summed E-state index contributed by atoms with van der Waals surface area (Å²) in [5.74, 6) is 0.278. The van der Waals surface area contributed by atoms with Gasteiger partial charge in [0.2, 0.25) is 0 Å². The van der Waals surface area contributed by atoms with Gasteiger partial charge in [-0.05, 0) is 30.7 Å². The molecule has 0 unspecified atom stereocenters. The van der Waals surface area contributed by atoms with Crippen molar-refractivity contribution in [2.24, 2.45) is 4.99 Å². The molecule has 0 fully saturated rings. The molecule has 1 aromatic carbocycles. The number of para-hydroxylation sites is 1. The van der Waals surface area contributed by atoms with Crippen molar-refractivity contribution < 1.29 is 5.11 Å². The highest BCUT2D eigenvalue weighted by Gasteiger charge is 1.99. The molecule has 2 rings (SSSR count). The highest BCUT2D eigenvalue weighted by Crippen LogP contribution is 2.20. The van der Waals surface area contributed by atoms with Crippen molar-refractivity contribution in [1.29, 1.82) is 0 Å². The van der Waals surface area contributed by atoms with Crippen molar-refractivity contribution >= 4 is 11.9 Å². The van der Waals surface area contributed by atoms with Gasteiger partial charge in [0, 0.05) is 24.2 Å². The highest BCUT2D eigenvalue weighted by atomic mass is 16.3. The van der Waals surface area contributed by atoms with Crippen molar-refractivity contribution in [3.8, 4) is 5.75 Å². The number of phenols is 1. The number of aromatic nitrogens is 1. The van der Waals surface area contributed by atoms with Crippen LogP contribution >= 0.6 is 0 Å². The number of aromatic hydroxyl groups is 1. The van der Waals surface area contributed by atoms with Crippen LogP contribution in [0, 0.1) is 6.92 Å². The number of rotatable bonds is 2. The Labute approximate surface area is 94.1 Å². The van der Waals surface area contributed by atoms with Crippen LogP contribution in [0.15, 0.2) is 47.7 Å². The van der Waals surface area contributed by atoms with E-state index in [-0.39, 0.29) is 5.75 Å². The van der Waals surface area contributed by atoms with Crippen LogP contribution in [0.3, 0.4) is 0 Å². The minimum Gasteiger partial charge on any atom is -0.507 e. The maximum atomic E-state index is 9.77. The minimum atomic E-state index is 0.278. The van der Waals surface area contributed by atoms with Gasteiger partial charge in [-0.25, -0.2) is 0 Å². The lowest BCUT2D eigenvalue weighted by Crippen LogP contribution is -1.84. The third kappa shape index (κ3) is 2.25. The van der Waals surface area contributed by atoms with Gasteiger partial charge in [0.1, 0.15) is 5.75 Å². The van der Waals surface area contributed by atoms with Crippen LogP contribution < -0.4 is 0 Å². The molecule has 3 heteroatoms. The zero-order valence-corrected chi connectivity index (χ0v) is 8.96. The summed E-state index contributed by atoms with van der Waals surface area (Å²) in [6.45, 7) is 1.86. The second-order valence-corrected chi connectivity index (χ2v) is 3.48. The molecule has 16 heavy (non-hydrogen) atoms. The van der Waals surface area contributed by atoms with Crippen LogP contribution in [-0.4, -0.2) is 16.3 Å². The standard InChI is InChI=1S/C13H12N2O/c1-10-3-2-4-11(13(10)16)9-15-12-5-7-14-8-6-12/h2-9,16H,1H3. The fraction of sp³-hybridized carbons (Fsp3) is 0.0769. The Morgan fingerprint density at radius 3 is 2.69 bits per heavy atom. The smallest absolute Gasteiger partial charge is 0.127 e. The summed E-state index contributed by atoms with van der Waals surface area (Å²) in [5, 5.41) is 9.77. The second-order valence-electron chi connectivity index (χ2n) is 3.48. The molecular formula is C13H12N2O. The third-order valence-corrected chi connectivity index (χ3v) is 2.28. The molecule has 0 aliphatic heterocycles. The van der Waals surface area contributed by atoms with E-state index in [9.17, 15) is 5.11 Å². The predicted octanol–water partition coefficient (Wildman–Crippen LogP) is 2.85. The predicted molar refractivity (Wildman–Crippen MR) is 64.3 cm³/mol. The molecule has 1 heterocycles. The molecule has 0 amide bonds. The van der Waals surface area contributed by atoms with Gasteiger partial charge in [-0.3, -0.25) is 9.98 Å². The zero-order chi connectivity index (χ0) is 11.4. The van der Waals surface area contributed by atoms with Crippen molar-refractivity contribution in [3.63, 3.8) is 0 Å². The summed E-state index contributed by atoms with van der Waals surface area (Å²) >= 11 is 0. The molecule has 0 spiro atoms. The number of aryl methyl sites for hydroxylation is 1. The van der Waals surface area contributed by atoms with Gasteiger partial charge in [-0.15, -0.1) is 0 Å². The number of benzene rings is 1. The zero-order valence-electron chi connectivity index (χ0n) is 8.96. The molecule has 0 aliphatic carbocycles. The third-order valence-electron chi connectivity index (χ3n) is 2.28. The molecular weight excluding hydrogens is 200 g/mol. The maximum Gasteiger partial charge on any atom is 0.127 e. The summed E-state index contributed by atoms with van der Waals surface area (Å²) in [7, 11) is 0. The summed E-state index contributed by atoms with van der Waals surface area (Å²) in [6, 6.07) is 9.20. The normalized spacial score (nSPS) is 10.8. The summed E-state index contributed by atoms with van der Waals surface area (Å²) in [4.78, 5) is 8.16. The quantitative estimate of drug-likeness (QED) is 0.778. The van der Waals surface area contributed by atoms with E-state index in [1.165, 1.54) is 0 Å². The van der Waals surface area contributed by atoms with Gasteiger partial charge in [-0.1, -0.05) is 12.1 Å². The molecule has 80 valence electrons. The Morgan fingerprint density at radius 2 is 1.94 bits per heavy atom. The number of aliphatic imine (C=N–C) groups is 1. The van der Waals surface area contributed by atoms with Gasteiger partial charge in [0.15, 0.2) is 0 Å². The Morgan fingerprint density at radius 1 is 1.19 bits per heavy atom. The number of pyridine rings is 1. The first-order chi connectivity index (χ1) is 7.77. The first-order valence-corrected chi connectivity index (χ1v) is 5.00. The lowest BCUT2D eigenvalue weighted by Gasteiger charge is -2.01. The van der Waals surface area contributed by atoms with Crippen LogP contribution in [0.5, 0.6) is 5.75 Å². The first kappa shape index (κ1) is 10.4. The topological polar surface area (TPSA) is 45.5 Å². The average molecular weight is 212 g/mol. The van der Waals surface area contributed by atoms with Crippen LogP contribution in [0.2, 0.25) is 0 Å². The highest BCUT2D eigenvalue weighted by molar-refractivity contribution is 5.85. The van der Waals surface area contributed by atoms with Crippen LogP contribution in [-0.2, 0) is 0 Å². The van der Waals surface area contributed by atoms with Crippen molar-refractivity contribution in [2.45, 2.75) is 6.92 Å². The summed E-state index contributed by atoms with van der Waals surface area (Å²) in [5.41, 5.74) is 2.38. The monoisotopic (exact) mass is 212 g/mol. The Hall–Kier alpha value is -2.16. The molecule has 0 radical (unpaired) electrons. The molecule has 1 N–H and O–H groups in total. The molecule has 0 bridgehead atoms. The van der Waals surface area contributed by atoms with Crippen molar-refractivity contribution in [3.05, 3.63) is 53.9 Å². The summed E-state index contributed by atoms with van der Waals surface area (Å²) in [6.07, 6.45) is 5.02. The molecule has 2 aromatic rings. The van der Waals surface area contributed by atoms with E-state index in [0.717, 1.165) is 16.8 Å². The van der Waals surface area contributed by atoms with E-state index < -0.39 is 0 Å². The van der Waals surface area contributed by atoms with Gasteiger partial charge < -0.3 is 5.11 Å². The van der Waals surface area contributed by atoms with E-state index in [2.05, 4.69) is 9.98 Å². The Bertz CT molecular complexity index is 507. The molecule has 0 saturated heterocycles. The number of hydrogen-bond acceptors (Lipinski definition) is 3. The van der Waals surface area contributed by atoms with Gasteiger partial charge in [-0.2, -0.15) is 0 Å². The molecule has 0 saturated carbocycles. The average Bonchev–Trinajstić information content (AvgIpc) is 2.32. The Balaban J connectivity index is 2.28. The van der Waals surface area contributed by atoms with Gasteiger partial charge in [0.25, 0.3) is 0 Å². The largest absolute Gasteiger partial charge is 0.507 e. The van der Waals surface area contributed by atoms with Gasteiger partial charge in [0.05, 0.1) is 5.69 Å². The Kier molecular flexibility index (Phi) is 2.96. The molecule has 1 aromatic heterocycles. The van der Waals surface area contributed by atoms with Crippen LogP contribution in [0.1, 0.15) is 11.1 Å². The van der Waals surface area contributed by atoms with Crippen LogP contribution in [0.4, 0.5) is 5.69 Å². The van der Waals surface area contributed by atoms with E-state index in [1.807, 2.05) is 37.3 Å². The second kappa shape index (κ2) is 4.57. The van der Waals surface area contributed by atoms with E-state index >= 15 is 0 Å². The van der Waals surface area contributed by atoms with E-state index in [1.54, 1.807) is 18.6 Å². The van der Waals surface area contributed by atoms with E-state index in [4.69, 9.17) is 0 Å². The summed E-state index contributed by atoms with van der Waals surface area (Å²) < 4.78 is 0.